The molecule has 7 heteroatoms. The first kappa shape index (κ1) is 18.8. The number of benzene rings is 2. The monoisotopic (exact) mass is 373 g/mol. The summed E-state index contributed by atoms with van der Waals surface area (Å²) in [7, 11) is 0. The van der Waals surface area contributed by atoms with E-state index >= 15 is 0 Å². The summed E-state index contributed by atoms with van der Waals surface area (Å²) in [5.41, 5.74) is 2.41. The highest BCUT2D eigenvalue weighted by Gasteiger charge is 2.14. The zero-order valence-corrected chi connectivity index (χ0v) is 15.1. The molecular weight excluding hydrogens is 352 g/mol. The van der Waals surface area contributed by atoms with Gasteiger partial charge in [-0.3, -0.25) is 4.79 Å². The maximum atomic E-state index is 12.7. The Balaban J connectivity index is 1.52. The standard InChI is InChI=1S/C20H21F2N3O2/c1-12(2)13-3-6-15(7-4-13)27-10-9-23-20(26)14-5-8-16-17(11-14)25-19(24-16)18(21)22/h3-8,11-12,18H,9-10H2,1-2H3,(H,23,26)(H,24,25). The summed E-state index contributed by atoms with van der Waals surface area (Å²) < 4.78 is 31.0. The first-order valence-corrected chi connectivity index (χ1v) is 8.73. The van der Waals surface area contributed by atoms with E-state index in [1.54, 1.807) is 12.1 Å². The van der Waals surface area contributed by atoms with Crippen LogP contribution in [-0.2, 0) is 0 Å². The molecule has 0 saturated heterocycles. The van der Waals surface area contributed by atoms with Crippen molar-refractivity contribution in [2.45, 2.75) is 26.2 Å². The van der Waals surface area contributed by atoms with Crippen LogP contribution in [0, 0.1) is 0 Å². The number of imidazole rings is 1. The highest BCUT2D eigenvalue weighted by Crippen LogP contribution is 2.21. The number of halogens is 2. The molecule has 3 aromatic rings. The molecule has 3 rings (SSSR count). The third kappa shape index (κ3) is 4.61. The molecule has 27 heavy (non-hydrogen) atoms. The molecule has 1 amide bonds. The first-order valence-electron chi connectivity index (χ1n) is 8.73. The summed E-state index contributed by atoms with van der Waals surface area (Å²) in [5, 5.41) is 2.75. The van der Waals surface area contributed by atoms with Gasteiger partial charge >= 0.3 is 0 Å². The van der Waals surface area contributed by atoms with Crippen LogP contribution >= 0.6 is 0 Å². The van der Waals surface area contributed by atoms with Gasteiger partial charge in [0.1, 0.15) is 12.4 Å². The number of carbonyl (C=O) groups excluding carboxylic acids is 1. The van der Waals surface area contributed by atoms with Gasteiger partial charge in [-0.1, -0.05) is 26.0 Å². The van der Waals surface area contributed by atoms with Crippen LogP contribution in [0.25, 0.3) is 11.0 Å². The molecule has 0 saturated carbocycles. The van der Waals surface area contributed by atoms with Crippen LogP contribution in [-0.4, -0.2) is 29.0 Å². The van der Waals surface area contributed by atoms with Crippen LogP contribution in [0.2, 0.25) is 0 Å². The molecule has 5 nitrogen and oxygen atoms in total. The van der Waals surface area contributed by atoms with E-state index in [4.69, 9.17) is 4.74 Å². The molecule has 0 atom stereocenters. The van der Waals surface area contributed by atoms with Gasteiger partial charge in [0.15, 0.2) is 5.82 Å². The Morgan fingerprint density at radius 1 is 1.19 bits per heavy atom. The van der Waals surface area contributed by atoms with Crippen molar-refractivity contribution in [1.29, 1.82) is 0 Å². The number of carbonyl (C=O) groups is 1. The molecule has 1 heterocycles. The first-order chi connectivity index (χ1) is 12.9. The fourth-order valence-electron chi connectivity index (χ4n) is 2.66. The van der Waals surface area contributed by atoms with Crippen molar-refractivity contribution >= 4 is 16.9 Å². The minimum atomic E-state index is -2.68. The second kappa shape index (κ2) is 8.16. The van der Waals surface area contributed by atoms with Crippen LogP contribution in [0.4, 0.5) is 8.78 Å². The van der Waals surface area contributed by atoms with Crippen LogP contribution < -0.4 is 10.1 Å². The predicted molar refractivity (Wildman–Crippen MR) is 99.4 cm³/mol. The largest absolute Gasteiger partial charge is 0.492 e. The van der Waals surface area contributed by atoms with E-state index in [1.807, 2.05) is 24.3 Å². The second-order valence-corrected chi connectivity index (χ2v) is 6.48. The predicted octanol–water partition coefficient (Wildman–Crippen LogP) is 4.43. The number of H-pyrrole nitrogens is 1. The molecule has 0 unspecified atom stereocenters. The Kier molecular flexibility index (Phi) is 5.69. The average Bonchev–Trinajstić information content (AvgIpc) is 3.09. The molecule has 2 N–H and O–H groups in total. The summed E-state index contributed by atoms with van der Waals surface area (Å²) in [6, 6.07) is 12.5. The Morgan fingerprint density at radius 2 is 1.93 bits per heavy atom. The SMILES string of the molecule is CC(C)c1ccc(OCCNC(=O)c2ccc3nc(C(F)F)[nH]c3c2)cc1. The lowest BCUT2D eigenvalue weighted by molar-refractivity contribution is 0.0947. The van der Waals surface area contributed by atoms with Gasteiger partial charge in [0.2, 0.25) is 0 Å². The summed E-state index contributed by atoms with van der Waals surface area (Å²) in [6.07, 6.45) is -2.68. The van der Waals surface area contributed by atoms with E-state index < -0.39 is 12.2 Å². The van der Waals surface area contributed by atoms with Crippen molar-refractivity contribution in [3.63, 3.8) is 0 Å². The van der Waals surface area contributed by atoms with E-state index in [1.165, 1.54) is 11.6 Å². The van der Waals surface area contributed by atoms with Crippen molar-refractivity contribution in [1.82, 2.24) is 15.3 Å². The number of fused-ring (bicyclic) bond motifs is 1. The van der Waals surface area contributed by atoms with Crippen LogP contribution in [0.3, 0.4) is 0 Å². The van der Waals surface area contributed by atoms with Gasteiger partial charge < -0.3 is 15.0 Å². The quantitative estimate of drug-likeness (QED) is 0.602. The molecule has 0 aliphatic heterocycles. The number of amides is 1. The maximum absolute atomic E-state index is 12.7. The zero-order chi connectivity index (χ0) is 19.4. The smallest absolute Gasteiger partial charge is 0.295 e. The molecule has 142 valence electrons. The van der Waals surface area contributed by atoms with Gasteiger partial charge in [-0.2, -0.15) is 0 Å². The van der Waals surface area contributed by atoms with Crippen molar-refractivity contribution in [2.24, 2.45) is 0 Å². The lowest BCUT2D eigenvalue weighted by Gasteiger charge is -2.10. The van der Waals surface area contributed by atoms with Crippen LogP contribution in [0.5, 0.6) is 5.75 Å². The molecular formula is C20H21F2N3O2. The Bertz CT molecular complexity index is 921. The number of aromatic nitrogens is 2. The molecule has 0 bridgehead atoms. The number of hydrogen-bond donors (Lipinski definition) is 2. The van der Waals surface area contributed by atoms with Gasteiger partial charge in [-0.25, -0.2) is 13.8 Å². The second-order valence-electron chi connectivity index (χ2n) is 6.48. The Labute approximate surface area is 155 Å². The van der Waals surface area contributed by atoms with Crippen molar-refractivity contribution < 1.29 is 18.3 Å². The lowest BCUT2D eigenvalue weighted by Crippen LogP contribution is -2.28. The molecule has 0 aliphatic rings. The maximum Gasteiger partial charge on any atom is 0.295 e. The highest BCUT2D eigenvalue weighted by molar-refractivity contribution is 5.97. The van der Waals surface area contributed by atoms with Crippen molar-refractivity contribution in [3.05, 3.63) is 59.4 Å². The van der Waals surface area contributed by atoms with Crippen LogP contribution in [0.1, 0.15) is 47.9 Å². The van der Waals surface area contributed by atoms with E-state index in [0.717, 1.165) is 5.75 Å². The van der Waals surface area contributed by atoms with Crippen molar-refractivity contribution in [2.75, 3.05) is 13.2 Å². The summed E-state index contributed by atoms with van der Waals surface area (Å²) in [4.78, 5) is 18.5. The number of alkyl halides is 2. The summed E-state index contributed by atoms with van der Waals surface area (Å²) in [6.45, 7) is 4.91. The third-order valence-corrected chi connectivity index (χ3v) is 4.17. The van der Waals surface area contributed by atoms with E-state index in [0.29, 0.717) is 35.7 Å². The molecule has 0 fully saturated rings. The number of aromatic amines is 1. The normalized spacial score (nSPS) is 11.3. The Hall–Kier alpha value is -2.96. The molecule has 0 radical (unpaired) electrons. The summed E-state index contributed by atoms with van der Waals surface area (Å²) in [5.74, 6) is 0.498. The topological polar surface area (TPSA) is 67.0 Å². The van der Waals surface area contributed by atoms with Gasteiger partial charge in [0, 0.05) is 5.56 Å². The molecule has 1 aromatic heterocycles. The summed E-state index contributed by atoms with van der Waals surface area (Å²) >= 11 is 0. The fourth-order valence-corrected chi connectivity index (χ4v) is 2.66. The van der Waals surface area contributed by atoms with E-state index in [2.05, 4.69) is 29.1 Å². The van der Waals surface area contributed by atoms with Gasteiger partial charge in [-0.05, 0) is 41.8 Å². The van der Waals surface area contributed by atoms with Crippen LogP contribution in [0.15, 0.2) is 42.5 Å². The zero-order valence-electron chi connectivity index (χ0n) is 15.1. The van der Waals surface area contributed by atoms with E-state index in [-0.39, 0.29) is 5.91 Å². The fraction of sp³-hybridized carbons (Fsp3) is 0.300. The number of hydrogen-bond acceptors (Lipinski definition) is 3. The molecule has 2 aromatic carbocycles. The number of nitrogens with zero attached hydrogens (tertiary/aromatic N) is 1. The lowest BCUT2D eigenvalue weighted by atomic mass is 10.0. The third-order valence-electron chi connectivity index (χ3n) is 4.17. The molecule has 0 aliphatic carbocycles. The number of nitrogens with one attached hydrogen (secondary N) is 2. The molecule has 0 spiro atoms. The number of rotatable bonds is 7. The van der Waals surface area contributed by atoms with Gasteiger partial charge in [-0.15, -0.1) is 0 Å². The Morgan fingerprint density at radius 3 is 2.59 bits per heavy atom. The minimum absolute atomic E-state index is 0.302. The average molecular weight is 373 g/mol. The van der Waals surface area contributed by atoms with E-state index in [9.17, 15) is 13.6 Å². The van der Waals surface area contributed by atoms with Gasteiger partial charge in [0.25, 0.3) is 12.3 Å². The van der Waals surface area contributed by atoms with Gasteiger partial charge in [0.05, 0.1) is 17.6 Å². The minimum Gasteiger partial charge on any atom is -0.492 e. The van der Waals surface area contributed by atoms with Crippen molar-refractivity contribution in [3.8, 4) is 5.75 Å². The highest BCUT2D eigenvalue weighted by atomic mass is 19.3. The number of ether oxygens (including phenoxy) is 1.